The van der Waals surface area contributed by atoms with Crippen molar-refractivity contribution >= 4 is 33.7 Å². The topological polar surface area (TPSA) is 51.8 Å². The summed E-state index contributed by atoms with van der Waals surface area (Å²) in [7, 11) is 0. The van der Waals surface area contributed by atoms with E-state index in [2.05, 4.69) is 152 Å². The van der Waals surface area contributed by atoms with E-state index in [9.17, 15) is 0 Å². The highest BCUT2D eigenvalue weighted by molar-refractivity contribution is 7.99. The summed E-state index contributed by atoms with van der Waals surface area (Å²) >= 11 is 1.83. The van der Waals surface area contributed by atoms with Gasteiger partial charge in [-0.25, -0.2) is 15.0 Å². The molecule has 4 nitrogen and oxygen atoms in total. The first kappa shape index (κ1) is 32.2. The van der Waals surface area contributed by atoms with Gasteiger partial charge in [-0.3, -0.25) is 0 Å². The first-order valence-corrected chi connectivity index (χ1v) is 20.0. The van der Waals surface area contributed by atoms with E-state index in [1.54, 1.807) is 0 Å². The molecule has 0 atom stereocenters. The van der Waals surface area contributed by atoms with E-state index in [1.165, 1.54) is 48.7 Å². The minimum atomic E-state index is -0.469. The first-order valence-electron chi connectivity index (χ1n) is 19.2. The maximum atomic E-state index is 6.65. The number of rotatable bonds is 4. The minimum absolute atomic E-state index is 0.469. The number of hydrogen-bond acceptors (Lipinski definition) is 5. The normalized spacial score (nSPS) is 13.3. The van der Waals surface area contributed by atoms with Crippen molar-refractivity contribution in [2.75, 3.05) is 0 Å². The second-order valence-electron chi connectivity index (χ2n) is 14.7. The van der Waals surface area contributed by atoms with Crippen molar-refractivity contribution in [3.8, 4) is 56.4 Å². The summed E-state index contributed by atoms with van der Waals surface area (Å²) < 4.78 is 6.65. The molecular weight excluding hydrogens is 715 g/mol. The zero-order chi connectivity index (χ0) is 37.5. The third-order valence-electron chi connectivity index (χ3n) is 11.6. The van der Waals surface area contributed by atoms with Crippen LogP contribution in [0, 0.1) is 0 Å². The number of nitrogens with zero attached hydrogens (tertiary/aromatic N) is 3. The molecule has 8 aromatic carbocycles. The van der Waals surface area contributed by atoms with Crippen LogP contribution in [0.2, 0.25) is 0 Å². The SMILES string of the molecule is c1ccc(-c2ccc(-c3nc(-c4ccccc4)nc(-c4ccc5oc6cc7c(cc6c5c4)C4(c5ccccc5S7)c5ccccc5-c5ccccc54)n3)cc2)cc1. The molecule has 1 aliphatic carbocycles. The second kappa shape index (κ2) is 12.5. The fraction of sp³-hybridized carbons (Fsp3) is 0.0192. The van der Waals surface area contributed by atoms with E-state index in [4.69, 9.17) is 19.4 Å². The monoisotopic (exact) mass is 745 g/mol. The Morgan fingerprint density at radius 2 is 0.842 bits per heavy atom. The molecule has 0 unspecified atom stereocenters. The van der Waals surface area contributed by atoms with Gasteiger partial charge in [-0.05, 0) is 80.9 Å². The summed E-state index contributed by atoms with van der Waals surface area (Å²) in [6, 6.07) is 66.7. The van der Waals surface area contributed by atoms with Gasteiger partial charge < -0.3 is 4.42 Å². The summed E-state index contributed by atoms with van der Waals surface area (Å²) in [5.74, 6) is 1.87. The minimum Gasteiger partial charge on any atom is -0.456 e. The van der Waals surface area contributed by atoms with Crippen molar-refractivity contribution in [3.05, 3.63) is 210 Å². The molecule has 3 heterocycles. The van der Waals surface area contributed by atoms with Crippen molar-refractivity contribution in [1.82, 2.24) is 15.0 Å². The molecule has 12 rings (SSSR count). The number of aromatic nitrogens is 3. The summed E-state index contributed by atoms with van der Waals surface area (Å²) in [6.07, 6.45) is 0. The van der Waals surface area contributed by atoms with Gasteiger partial charge in [-0.2, -0.15) is 0 Å². The maximum absolute atomic E-state index is 6.65. The molecule has 0 saturated carbocycles. The molecule has 57 heavy (non-hydrogen) atoms. The van der Waals surface area contributed by atoms with E-state index in [1.807, 2.05) is 48.2 Å². The van der Waals surface area contributed by atoms with Crippen LogP contribution in [-0.2, 0) is 5.41 Å². The fourth-order valence-corrected chi connectivity index (χ4v) is 10.3. The van der Waals surface area contributed by atoms with Crippen LogP contribution in [0.5, 0.6) is 0 Å². The van der Waals surface area contributed by atoms with E-state index >= 15 is 0 Å². The van der Waals surface area contributed by atoms with Gasteiger partial charge in [0.2, 0.25) is 0 Å². The molecule has 0 radical (unpaired) electrons. The molecule has 0 N–H and O–H groups in total. The second-order valence-corrected chi connectivity index (χ2v) is 15.8. The molecule has 10 aromatic rings. The van der Waals surface area contributed by atoms with E-state index < -0.39 is 5.41 Å². The molecule has 2 aromatic heterocycles. The molecule has 0 amide bonds. The van der Waals surface area contributed by atoms with Gasteiger partial charge >= 0.3 is 0 Å². The van der Waals surface area contributed by atoms with Crippen molar-refractivity contribution in [2.45, 2.75) is 15.2 Å². The Morgan fingerprint density at radius 3 is 1.53 bits per heavy atom. The van der Waals surface area contributed by atoms with Gasteiger partial charge in [0, 0.05) is 37.3 Å². The first-order chi connectivity index (χ1) is 28.2. The summed E-state index contributed by atoms with van der Waals surface area (Å²) in [5.41, 5.74) is 14.1. The zero-order valence-electron chi connectivity index (χ0n) is 30.6. The summed E-state index contributed by atoms with van der Waals surface area (Å²) in [4.78, 5) is 17.7. The highest BCUT2D eigenvalue weighted by atomic mass is 32.2. The standard InChI is InChI=1S/C52H31N3OS/c1-3-13-32(14-4-1)33-23-25-35(26-24-33)50-53-49(34-15-5-2-6-16-34)54-51(55-50)36-27-28-45-39(29-36)40-30-44-48(31-46(40)56-45)57-47-22-12-11-21-43(47)52(44)41-19-9-7-17-37(41)38-18-8-10-20-42(38)52/h1-31H. The Kier molecular flexibility index (Phi) is 7.04. The highest BCUT2D eigenvalue weighted by Crippen LogP contribution is 2.62. The Morgan fingerprint density at radius 1 is 0.351 bits per heavy atom. The fourth-order valence-electron chi connectivity index (χ4n) is 9.06. The Labute approximate surface area is 333 Å². The van der Waals surface area contributed by atoms with Crippen LogP contribution < -0.4 is 0 Å². The van der Waals surface area contributed by atoms with E-state index in [0.717, 1.165) is 44.2 Å². The number of hydrogen-bond donors (Lipinski definition) is 0. The van der Waals surface area contributed by atoms with Gasteiger partial charge in [0.15, 0.2) is 17.5 Å². The van der Waals surface area contributed by atoms with Crippen LogP contribution in [0.3, 0.4) is 0 Å². The van der Waals surface area contributed by atoms with Crippen LogP contribution in [0.4, 0.5) is 0 Å². The predicted molar refractivity (Wildman–Crippen MR) is 230 cm³/mol. The lowest BCUT2D eigenvalue weighted by molar-refractivity contribution is 0.664. The maximum Gasteiger partial charge on any atom is 0.164 e. The average molecular weight is 746 g/mol. The summed E-state index contributed by atoms with van der Waals surface area (Å²) in [6.45, 7) is 0. The largest absolute Gasteiger partial charge is 0.456 e. The van der Waals surface area contributed by atoms with Crippen molar-refractivity contribution in [1.29, 1.82) is 0 Å². The van der Waals surface area contributed by atoms with Crippen LogP contribution >= 0.6 is 11.8 Å². The molecule has 2 aliphatic rings. The van der Waals surface area contributed by atoms with Crippen LogP contribution in [-0.4, -0.2) is 15.0 Å². The smallest absolute Gasteiger partial charge is 0.164 e. The quantitative estimate of drug-likeness (QED) is 0.180. The van der Waals surface area contributed by atoms with Gasteiger partial charge in [0.05, 0.1) is 5.41 Å². The van der Waals surface area contributed by atoms with Gasteiger partial charge in [0.25, 0.3) is 0 Å². The number of fused-ring (bicyclic) bond motifs is 12. The molecule has 1 spiro atoms. The lowest BCUT2D eigenvalue weighted by Gasteiger charge is -2.39. The predicted octanol–water partition coefficient (Wildman–Crippen LogP) is 13.3. The molecule has 0 bridgehead atoms. The number of benzene rings is 8. The van der Waals surface area contributed by atoms with Gasteiger partial charge in [-0.15, -0.1) is 0 Å². The lowest BCUT2D eigenvalue weighted by Crippen LogP contribution is -2.31. The van der Waals surface area contributed by atoms with Crippen LogP contribution in [0.25, 0.3) is 78.4 Å². The Balaban J connectivity index is 1.05. The van der Waals surface area contributed by atoms with Crippen LogP contribution in [0.15, 0.2) is 202 Å². The molecule has 5 heteroatoms. The Hall–Kier alpha value is -7.08. The molecule has 0 fully saturated rings. The van der Waals surface area contributed by atoms with Crippen molar-refractivity contribution < 1.29 is 4.42 Å². The summed E-state index contributed by atoms with van der Waals surface area (Å²) in [5, 5.41) is 2.10. The van der Waals surface area contributed by atoms with Crippen molar-refractivity contribution in [3.63, 3.8) is 0 Å². The molecule has 266 valence electrons. The third-order valence-corrected chi connectivity index (χ3v) is 12.7. The van der Waals surface area contributed by atoms with Crippen molar-refractivity contribution in [2.24, 2.45) is 0 Å². The van der Waals surface area contributed by atoms with E-state index in [0.29, 0.717) is 17.5 Å². The van der Waals surface area contributed by atoms with Gasteiger partial charge in [0.1, 0.15) is 11.2 Å². The molecule has 1 aliphatic heterocycles. The Bertz CT molecular complexity index is 3160. The van der Waals surface area contributed by atoms with Gasteiger partial charge in [-0.1, -0.05) is 163 Å². The molecular formula is C52H31N3OS. The average Bonchev–Trinajstić information content (AvgIpc) is 3.79. The van der Waals surface area contributed by atoms with Crippen LogP contribution in [0.1, 0.15) is 22.3 Å². The lowest BCUT2D eigenvalue weighted by atomic mass is 9.67. The highest BCUT2D eigenvalue weighted by Gasteiger charge is 2.50. The van der Waals surface area contributed by atoms with E-state index in [-0.39, 0.29) is 0 Å². The molecule has 0 saturated heterocycles. The zero-order valence-corrected chi connectivity index (χ0v) is 31.4. The number of furan rings is 1. The third kappa shape index (κ3) is 4.86.